The Bertz CT molecular complexity index is 422. The molecule has 0 unspecified atom stereocenters. The highest BCUT2D eigenvalue weighted by molar-refractivity contribution is 14.1. The molecule has 0 saturated carbocycles. The predicted molar refractivity (Wildman–Crippen MR) is 65.9 cm³/mol. The van der Waals surface area contributed by atoms with Crippen LogP contribution in [0.1, 0.15) is 5.56 Å². The van der Waals surface area contributed by atoms with Crippen LogP contribution < -0.4 is 0 Å². The van der Waals surface area contributed by atoms with Crippen LogP contribution in [0.5, 0.6) is 0 Å². The molecule has 2 aromatic rings. The van der Waals surface area contributed by atoms with Gasteiger partial charge in [-0.15, -0.1) is 0 Å². The van der Waals surface area contributed by atoms with E-state index in [2.05, 4.69) is 39.8 Å². The van der Waals surface area contributed by atoms with Crippen LogP contribution in [-0.2, 0) is 6.42 Å². The summed E-state index contributed by atoms with van der Waals surface area (Å²) in [5, 5.41) is 2.08. The molecule has 0 saturated heterocycles. The van der Waals surface area contributed by atoms with Crippen molar-refractivity contribution in [3.05, 3.63) is 35.0 Å². The number of hydrogen-bond acceptors (Lipinski definition) is 0. The van der Waals surface area contributed by atoms with Crippen LogP contribution in [0.25, 0.3) is 10.9 Å². The molecule has 0 fully saturated rings. The number of aromatic nitrogens is 1. The van der Waals surface area contributed by atoms with Gasteiger partial charge in [-0.25, -0.2) is 0 Å². The summed E-state index contributed by atoms with van der Waals surface area (Å²) in [6, 6.07) is 5.98. The van der Waals surface area contributed by atoms with E-state index in [-0.39, 0.29) is 0 Å². The van der Waals surface area contributed by atoms with E-state index in [1.807, 2.05) is 12.1 Å². The minimum Gasteiger partial charge on any atom is -0.361 e. The van der Waals surface area contributed by atoms with E-state index in [4.69, 9.17) is 11.6 Å². The van der Waals surface area contributed by atoms with Gasteiger partial charge in [0.25, 0.3) is 0 Å². The number of benzene rings is 1. The third-order valence-corrected chi connectivity index (χ3v) is 2.87. The van der Waals surface area contributed by atoms with E-state index in [9.17, 15) is 0 Å². The number of alkyl halides is 1. The summed E-state index contributed by atoms with van der Waals surface area (Å²) in [5.41, 5.74) is 2.51. The summed E-state index contributed by atoms with van der Waals surface area (Å²) in [7, 11) is 0. The Balaban J connectivity index is 2.55. The number of nitrogens with one attached hydrogen (secondary N) is 1. The smallest absolute Gasteiger partial charge is 0.0471 e. The van der Waals surface area contributed by atoms with Gasteiger partial charge in [0.1, 0.15) is 0 Å². The number of rotatable bonds is 2. The third-order valence-electron chi connectivity index (χ3n) is 2.09. The lowest BCUT2D eigenvalue weighted by atomic mass is 10.1. The average molecular weight is 306 g/mol. The van der Waals surface area contributed by atoms with E-state index < -0.39 is 0 Å². The van der Waals surface area contributed by atoms with Gasteiger partial charge in [-0.2, -0.15) is 0 Å². The zero-order valence-corrected chi connectivity index (χ0v) is 9.89. The minimum absolute atomic E-state index is 0.787. The second kappa shape index (κ2) is 3.88. The molecule has 0 amide bonds. The van der Waals surface area contributed by atoms with Crippen molar-refractivity contribution < 1.29 is 0 Å². The zero-order valence-electron chi connectivity index (χ0n) is 6.98. The maximum absolute atomic E-state index is 5.88. The van der Waals surface area contributed by atoms with Crippen molar-refractivity contribution in [1.82, 2.24) is 4.98 Å². The Hall–Kier alpha value is -0.220. The zero-order chi connectivity index (χ0) is 9.26. The lowest BCUT2D eigenvalue weighted by molar-refractivity contribution is 1.20. The van der Waals surface area contributed by atoms with E-state index in [0.717, 1.165) is 21.4 Å². The molecule has 68 valence electrons. The minimum atomic E-state index is 0.787. The molecule has 1 aromatic heterocycles. The van der Waals surface area contributed by atoms with Crippen molar-refractivity contribution in [2.75, 3.05) is 4.43 Å². The van der Waals surface area contributed by atoms with Gasteiger partial charge >= 0.3 is 0 Å². The van der Waals surface area contributed by atoms with Gasteiger partial charge < -0.3 is 4.98 Å². The summed E-state index contributed by atoms with van der Waals surface area (Å²) in [5.74, 6) is 0. The molecule has 0 spiro atoms. The molecule has 1 aromatic carbocycles. The first-order valence-corrected chi connectivity index (χ1v) is 6.03. The van der Waals surface area contributed by atoms with Crippen molar-refractivity contribution in [3.8, 4) is 0 Å². The maximum Gasteiger partial charge on any atom is 0.0471 e. The van der Waals surface area contributed by atoms with Crippen LogP contribution in [-0.4, -0.2) is 9.41 Å². The second-order valence-corrected chi connectivity index (χ2v) is 4.46. The molecule has 0 bridgehead atoms. The number of halogens is 2. The van der Waals surface area contributed by atoms with Crippen LogP contribution >= 0.6 is 34.2 Å². The molecule has 1 nitrogen and oxygen atoms in total. The van der Waals surface area contributed by atoms with Gasteiger partial charge in [-0.3, -0.25) is 0 Å². The summed E-state index contributed by atoms with van der Waals surface area (Å²) in [6.07, 6.45) is 3.18. The number of aromatic amines is 1. The number of hydrogen-bond donors (Lipinski definition) is 1. The molecule has 0 aliphatic heterocycles. The normalized spacial score (nSPS) is 10.9. The molecule has 1 N–H and O–H groups in total. The van der Waals surface area contributed by atoms with Crippen molar-refractivity contribution in [2.45, 2.75) is 6.42 Å². The molecule has 0 radical (unpaired) electrons. The van der Waals surface area contributed by atoms with Crippen LogP contribution in [0, 0.1) is 0 Å². The highest BCUT2D eigenvalue weighted by Crippen LogP contribution is 2.22. The Morgan fingerprint density at radius 3 is 3.00 bits per heavy atom. The third kappa shape index (κ3) is 1.83. The van der Waals surface area contributed by atoms with Crippen molar-refractivity contribution in [3.63, 3.8) is 0 Å². The lowest BCUT2D eigenvalue weighted by Crippen LogP contribution is -1.81. The SMILES string of the molecule is Clc1ccc2c(CCI)c[nH]c2c1. The Morgan fingerprint density at radius 2 is 2.23 bits per heavy atom. The van der Waals surface area contributed by atoms with Crippen LogP contribution in [0.15, 0.2) is 24.4 Å². The highest BCUT2D eigenvalue weighted by Gasteiger charge is 2.02. The first kappa shape index (κ1) is 9.34. The van der Waals surface area contributed by atoms with E-state index in [1.165, 1.54) is 10.9 Å². The topological polar surface area (TPSA) is 15.8 Å². The molecule has 0 aliphatic rings. The average Bonchev–Trinajstić information content (AvgIpc) is 2.49. The fourth-order valence-corrected chi connectivity index (χ4v) is 2.22. The highest BCUT2D eigenvalue weighted by atomic mass is 127. The van der Waals surface area contributed by atoms with Crippen LogP contribution in [0.3, 0.4) is 0 Å². The molecule has 2 rings (SSSR count). The maximum atomic E-state index is 5.88. The fraction of sp³-hybridized carbons (Fsp3) is 0.200. The molecule has 0 aliphatic carbocycles. The summed E-state index contributed by atoms with van der Waals surface area (Å²) >= 11 is 8.27. The molecule has 0 atom stereocenters. The van der Waals surface area contributed by atoms with Crippen LogP contribution in [0.4, 0.5) is 0 Å². The molecule has 1 heterocycles. The largest absolute Gasteiger partial charge is 0.361 e. The first-order valence-electron chi connectivity index (χ1n) is 4.13. The number of H-pyrrole nitrogens is 1. The van der Waals surface area contributed by atoms with E-state index in [1.54, 1.807) is 0 Å². The molecular weight excluding hydrogens is 296 g/mol. The summed E-state index contributed by atoms with van der Waals surface area (Å²) in [4.78, 5) is 3.23. The quantitative estimate of drug-likeness (QED) is 0.642. The fourth-order valence-electron chi connectivity index (χ4n) is 1.47. The number of fused-ring (bicyclic) bond motifs is 1. The van der Waals surface area contributed by atoms with Gasteiger partial charge in [-0.05, 0) is 24.1 Å². The summed E-state index contributed by atoms with van der Waals surface area (Å²) < 4.78 is 1.15. The van der Waals surface area contributed by atoms with Gasteiger partial charge in [0.05, 0.1) is 0 Å². The Labute approximate surface area is 95.6 Å². The Kier molecular flexibility index (Phi) is 2.79. The van der Waals surface area contributed by atoms with Crippen molar-refractivity contribution >= 4 is 45.1 Å². The van der Waals surface area contributed by atoms with Crippen molar-refractivity contribution in [1.29, 1.82) is 0 Å². The molecular formula is C10H9ClIN. The molecule has 3 heteroatoms. The second-order valence-electron chi connectivity index (χ2n) is 2.94. The Morgan fingerprint density at radius 1 is 1.38 bits per heavy atom. The van der Waals surface area contributed by atoms with Gasteiger partial charge in [0.15, 0.2) is 0 Å². The van der Waals surface area contributed by atoms with Gasteiger partial charge in [-0.1, -0.05) is 40.3 Å². The molecule has 13 heavy (non-hydrogen) atoms. The van der Waals surface area contributed by atoms with Crippen LogP contribution in [0.2, 0.25) is 5.02 Å². The van der Waals surface area contributed by atoms with Gasteiger partial charge in [0.2, 0.25) is 0 Å². The van der Waals surface area contributed by atoms with Crippen molar-refractivity contribution in [2.24, 2.45) is 0 Å². The van der Waals surface area contributed by atoms with Gasteiger partial charge in [0, 0.05) is 26.5 Å². The van der Waals surface area contributed by atoms with E-state index in [0.29, 0.717) is 0 Å². The standard InChI is InChI=1S/C10H9ClIN/c11-8-1-2-9-7(3-4-12)6-13-10(9)5-8/h1-2,5-6,13H,3-4H2. The first-order chi connectivity index (χ1) is 6.31. The lowest BCUT2D eigenvalue weighted by Gasteiger charge is -1.95. The van der Waals surface area contributed by atoms with E-state index >= 15 is 0 Å². The number of aryl methyl sites for hydroxylation is 1. The predicted octanol–water partition coefficient (Wildman–Crippen LogP) is 3.80. The summed E-state index contributed by atoms with van der Waals surface area (Å²) in [6.45, 7) is 0. The monoisotopic (exact) mass is 305 g/mol.